The van der Waals surface area contributed by atoms with E-state index in [0.717, 1.165) is 21.4 Å². The molecule has 0 amide bonds. The van der Waals surface area contributed by atoms with Crippen molar-refractivity contribution in [2.75, 3.05) is 0 Å². The van der Waals surface area contributed by atoms with Crippen molar-refractivity contribution in [1.29, 1.82) is 0 Å². The van der Waals surface area contributed by atoms with Crippen molar-refractivity contribution in [3.05, 3.63) is 57.6 Å². The number of halogens is 1. The Balaban J connectivity index is 1.45. The zero-order valence-corrected chi connectivity index (χ0v) is 16.1. The van der Waals surface area contributed by atoms with Gasteiger partial charge < -0.3 is 13.8 Å². The van der Waals surface area contributed by atoms with Gasteiger partial charge in [0.05, 0.1) is 5.56 Å². The summed E-state index contributed by atoms with van der Waals surface area (Å²) in [6.45, 7) is 3.93. The molecule has 1 fully saturated rings. The maximum atomic E-state index is 12.4. The molecule has 0 aliphatic heterocycles. The molecular weight excluding hydrogens is 398 g/mol. The van der Waals surface area contributed by atoms with Gasteiger partial charge in [-0.25, -0.2) is 4.79 Å². The summed E-state index contributed by atoms with van der Waals surface area (Å²) in [5.74, 6) is 0.362. The molecule has 134 valence electrons. The first kappa shape index (κ1) is 17.0. The zero-order chi connectivity index (χ0) is 18.3. The molecule has 1 aromatic carbocycles. The summed E-state index contributed by atoms with van der Waals surface area (Å²) in [6, 6.07) is 10.0. The Labute approximate surface area is 159 Å². The fraction of sp³-hybridized carbons (Fsp3) is 0.316. The van der Waals surface area contributed by atoms with Crippen molar-refractivity contribution < 1.29 is 14.1 Å². The lowest BCUT2D eigenvalue weighted by atomic mass is 10.2. The van der Waals surface area contributed by atoms with Gasteiger partial charge in [0.15, 0.2) is 6.61 Å². The molecule has 1 saturated carbocycles. The monoisotopic (exact) mass is 415 g/mol. The number of esters is 1. The molecule has 7 heteroatoms. The maximum Gasteiger partial charge on any atom is 0.340 e. The van der Waals surface area contributed by atoms with Crippen LogP contribution < -0.4 is 0 Å². The molecule has 2 heterocycles. The first-order valence-corrected chi connectivity index (χ1v) is 9.26. The van der Waals surface area contributed by atoms with E-state index in [4.69, 9.17) is 9.26 Å². The number of aromatic nitrogens is 3. The van der Waals surface area contributed by atoms with E-state index < -0.39 is 0 Å². The minimum absolute atomic E-state index is 0.0487. The normalized spacial score (nSPS) is 13.8. The molecule has 1 aliphatic rings. The number of benzene rings is 1. The second kappa shape index (κ2) is 6.72. The van der Waals surface area contributed by atoms with Crippen LogP contribution in [0.5, 0.6) is 0 Å². The molecule has 0 unspecified atom stereocenters. The van der Waals surface area contributed by atoms with E-state index in [1.807, 2.05) is 44.2 Å². The molecule has 0 atom stereocenters. The van der Waals surface area contributed by atoms with Crippen LogP contribution in [0.15, 0.2) is 39.3 Å². The Morgan fingerprint density at radius 2 is 2.15 bits per heavy atom. The molecule has 0 bridgehead atoms. The number of rotatable bonds is 5. The van der Waals surface area contributed by atoms with Crippen LogP contribution in [0, 0.1) is 13.8 Å². The van der Waals surface area contributed by atoms with E-state index in [1.165, 1.54) is 12.8 Å². The van der Waals surface area contributed by atoms with Crippen molar-refractivity contribution in [3.63, 3.8) is 0 Å². The van der Waals surface area contributed by atoms with Crippen LogP contribution in [0.3, 0.4) is 0 Å². The van der Waals surface area contributed by atoms with E-state index in [-0.39, 0.29) is 18.5 Å². The summed E-state index contributed by atoms with van der Waals surface area (Å²) in [7, 11) is 0. The second-order valence-corrected chi connectivity index (χ2v) is 7.40. The van der Waals surface area contributed by atoms with Crippen molar-refractivity contribution in [2.45, 2.75) is 39.3 Å². The van der Waals surface area contributed by atoms with Crippen LogP contribution in [0.25, 0.3) is 11.4 Å². The van der Waals surface area contributed by atoms with E-state index in [0.29, 0.717) is 17.4 Å². The molecule has 1 aliphatic carbocycles. The number of nitrogens with zero attached hydrogens (tertiary/aromatic N) is 3. The van der Waals surface area contributed by atoms with Gasteiger partial charge in [0, 0.05) is 27.5 Å². The summed E-state index contributed by atoms with van der Waals surface area (Å²) in [6.07, 6.45) is 2.34. The average Bonchev–Trinajstić information content (AvgIpc) is 3.24. The first-order chi connectivity index (χ1) is 12.5. The Morgan fingerprint density at radius 3 is 2.88 bits per heavy atom. The summed E-state index contributed by atoms with van der Waals surface area (Å²) in [5.41, 5.74) is 3.47. The lowest BCUT2D eigenvalue weighted by molar-refractivity contribution is 0.0429. The number of aryl methyl sites for hydroxylation is 1. The van der Waals surface area contributed by atoms with E-state index >= 15 is 0 Å². The molecule has 0 saturated heterocycles. The van der Waals surface area contributed by atoms with Gasteiger partial charge in [0.25, 0.3) is 5.89 Å². The highest BCUT2D eigenvalue weighted by atomic mass is 79.9. The Bertz CT molecular complexity index is 972. The summed E-state index contributed by atoms with van der Waals surface area (Å²) in [5, 5.41) is 3.94. The largest absolute Gasteiger partial charge is 0.452 e. The lowest BCUT2D eigenvalue weighted by Gasteiger charge is -2.07. The van der Waals surface area contributed by atoms with Crippen molar-refractivity contribution in [2.24, 2.45) is 0 Å². The molecule has 6 nitrogen and oxygen atoms in total. The van der Waals surface area contributed by atoms with Gasteiger partial charge >= 0.3 is 5.97 Å². The molecule has 2 aromatic heterocycles. The minimum atomic E-state index is -0.368. The molecule has 4 rings (SSSR count). The number of hydrogen-bond acceptors (Lipinski definition) is 5. The third-order valence-corrected chi connectivity index (χ3v) is 4.99. The van der Waals surface area contributed by atoms with Crippen LogP contribution in [-0.2, 0) is 11.3 Å². The van der Waals surface area contributed by atoms with Gasteiger partial charge in [-0.2, -0.15) is 4.98 Å². The van der Waals surface area contributed by atoms with Gasteiger partial charge in [-0.1, -0.05) is 33.2 Å². The molecule has 3 aromatic rings. The molecule has 26 heavy (non-hydrogen) atoms. The van der Waals surface area contributed by atoms with E-state index in [9.17, 15) is 4.79 Å². The SMILES string of the molecule is Cc1cc(C(=O)OCc2nc(-c3cccc(Br)c3)no2)c(C)n1C1CC1. The standard InChI is InChI=1S/C19H18BrN3O3/c1-11-8-16(12(2)23(11)15-6-7-15)19(24)25-10-17-21-18(22-26-17)13-4-3-5-14(20)9-13/h3-5,8-9,15H,6-7,10H2,1-2H3. The highest BCUT2D eigenvalue weighted by Crippen LogP contribution is 2.38. The van der Waals surface area contributed by atoms with Crippen molar-refractivity contribution in [3.8, 4) is 11.4 Å². The summed E-state index contributed by atoms with van der Waals surface area (Å²) >= 11 is 3.41. The highest BCUT2D eigenvalue weighted by molar-refractivity contribution is 9.10. The fourth-order valence-electron chi connectivity index (χ4n) is 3.14. The van der Waals surface area contributed by atoms with Crippen LogP contribution >= 0.6 is 15.9 Å². The highest BCUT2D eigenvalue weighted by Gasteiger charge is 2.28. The third kappa shape index (κ3) is 3.31. The Morgan fingerprint density at radius 1 is 1.35 bits per heavy atom. The van der Waals surface area contributed by atoms with Gasteiger partial charge in [0.1, 0.15) is 0 Å². The van der Waals surface area contributed by atoms with E-state index in [1.54, 1.807) is 0 Å². The quantitative estimate of drug-likeness (QED) is 0.569. The Kier molecular flexibility index (Phi) is 4.40. The smallest absolute Gasteiger partial charge is 0.340 e. The first-order valence-electron chi connectivity index (χ1n) is 8.47. The Hall–Kier alpha value is -2.41. The average molecular weight is 416 g/mol. The number of hydrogen-bond donors (Lipinski definition) is 0. The molecule has 0 radical (unpaired) electrons. The van der Waals surface area contributed by atoms with Crippen LogP contribution in [0.4, 0.5) is 0 Å². The number of carbonyl (C=O) groups is 1. The summed E-state index contributed by atoms with van der Waals surface area (Å²) < 4.78 is 13.7. The van der Waals surface area contributed by atoms with Gasteiger partial charge in [-0.15, -0.1) is 0 Å². The van der Waals surface area contributed by atoms with Gasteiger partial charge in [-0.05, 0) is 44.9 Å². The number of ether oxygens (including phenoxy) is 1. The fourth-order valence-corrected chi connectivity index (χ4v) is 3.54. The number of carbonyl (C=O) groups excluding carboxylic acids is 1. The lowest BCUT2D eigenvalue weighted by Crippen LogP contribution is -2.07. The molecule has 0 spiro atoms. The van der Waals surface area contributed by atoms with E-state index in [2.05, 4.69) is 30.6 Å². The zero-order valence-electron chi connectivity index (χ0n) is 14.5. The predicted octanol–water partition coefficient (Wildman–Crippen LogP) is 4.61. The predicted molar refractivity (Wildman–Crippen MR) is 98.7 cm³/mol. The molecule has 0 N–H and O–H groups in total. The topological polar surface area (TPSA) is 70.2 Å². The van der Waals surface area contributed by atoms with Crippen molar-refractivity contribution >= 4 is 21.9 Å². The van der Waals surface area contributed by atoms with Crippen molar-refractivity contribution in [1.82, 2.24) is 14.7 Å². The second-order valence-electron chi connectivity index (χ2n) is 6.48. The minimum Gasteiger partial charge on any atom is -0.452 e. The van der Waals surface area contributed by atoms with Crippen LogP contribution in [0.1, 0.15) is 46.5 Å². The van der Waals surface area contributed by atoms with Gasteiger partial charge in [-0.3, -0.25) is 0 Å². The van der Waals surface area contributed by atoms with Gasteiger partial charge in [0.2, 0.25) is 5.82 Å². The maximum absolute atomic E-state index is 12.4. The van der Waals surface area contributed by atoms with Crippen LogP contribution in [-0.4, -0.2) is 20.7 Å². The third-order valence-electron chi connectivity index (χ3n) is 4.49. The molecular formula is C19H18BrN3O3. The summed E-state index contributed by atoms with van der Waals surface area (Å²) in [4.78, 5) is 16.7. The van der Waals surface area contributed by atoms with Crippen LogP contribution in [0.2, 0.25) is 0 Å².